The highest BCUT2D eigenvalue weighted by Crippen LogP contribution is 2.27. The van der Waals surface area contributed by atoms with Gasteiger partial charge >= 0.3 is 5.97 Å². The van der Waals surface area contributed by atoms with Gasteiger partial charge in [0, 0.05) is 6.42 Å². The standard InChI is InChI=1S/C15H14O3/c16-15-12-7-3-1-5-11(12)6-2-4-8-13-14(18-13)9-10-17-15/h1-8,13-14H,9-10H2/b6-2+,8-4-. The summed E-state index contributed by atoms with van der Waals surface area (Å²) in [6.45, 7) is 0.409. The van der Waals surface area contributed by atoms with Crippen LogP contribution in [-0.2, 0) is 9.47 Å². The molecule has 2 atom stereocenters. The number of carbonyl (C=O) groups excluding carboxylic acids is 1. The third-order valence-corrected chi connectivity index (χ3v) is 3.13. The van der Waals surface area contributed by atoms with E-state index in [-0.39, 0.29) is 18.2 Å². The Morgan fingerprint density at radius 1 is 1.17 bits per heavy atom. The van der Waals surface area contributed by atoms with E-state index in [1.54, 1.807) is 6.07 Å². The van der Waals surface area contributed by atoms with E-state index in [4.69, 9.17) is 9.47 Å². The molecule has 2 unspecified atom stereocenters. The molecule has 1 saturated heterocycles. The second kappa shape index (κ2) is 4.78. The maximum Gasteiger partial charge on any atom is 0.338 e. The number of hydrogen-bond acceptors (Lipinski definition) is 3. The largest absolute Gasteiger partial charge is 0.462 e. The second-order valence-electron chi connectivity index (χ2n) is 4.40. The highest BCUT2D eigenvalue weighted by atomic mass is 16.6. The van der Waals surface area contributed by atoms with Gasteiger partial charge in [0.15, 0.2) is 0 Å². The van der Waals surface area contributed by atoms with Crippen LogP contribution in [0.1, 0.15) is 22.3 Å². The lowest BCUT2D eigenvalue weighted by Gasteiger charge is -2.06. The molecule has 2 aliphatic rings. The minimum absolute atomic E-state index is 0.183. The number of epoxide rings is 1. The highest BCUT2D eigenvalue weighted by Gasteiger charge is 2.36. The lowest BCUT2D eigenvalue weighted by atomic mass is 10.1. The zero-order chi connectivity index (χ0) is 12.4. The SMILES string of the molecule is O=C1OCCC2OC2/C=C\C=C\c2ccccc21. The normalized spacial score (nSPS) is 29.9. The zero-order valence-electron chi connectivity index (χ0n) is 9.91. The molecule has 0 aliphatic carbocycles. The molecule has 1 aromatic carbocycles. The van der Waals surface area contributed by atoms with Crippen molar-refractivity contribution < 1.29 is 14.3 Å². The van der Waals surface area contributed by atoms with Gasteiger partial charge in [-0.3, -0.25) is 0 Å². The maximum atomic E-state index is 11.9. The highest BCUT2D eigenvalue weighted by molar-refractivity contribution is 5.93. The van der Waals surface area contributed by atoms with E-state index in [1.165, 1.54) is 0 Å². The van der Waals surface area contributed by atoms with Crippen LogP contribution in [-0.4, -0.2) is 24.8 Å². The molecule has 3 nitrogen and oxygen atoms in total. The maximum absolute atomic E-state index is 11.9. The molecule has 0 spiro atoms. The smallest absolute Gasteiger partial charge is 0.338 e. The molecule has 0 aromatic heterocycles. The van der Waals surface area contributed by atoms with Crippen LogP contribution in [0.4, 0.5) is 0 Å². The summed E-state index contributed by atoms with van der Waals surface area (Å²) >= 11 is 0. The summed E-state index contributed by atoms with van der Waals surface area (Å²) in [5, 5.41) is 0. The van der Waals surface area contributed by atoms with Gasteiger partial charge in [0.25, 0.3) is 0 Å². The summed E-state index contributed by atoms with van der Waals surface area (Å²) in [4.78, 5) is 11.9. The quantitative estimate of drug-likeness (QED) is 0.518. The van der Waals surface area contributed by atoms with Crippen LogP contribution in [0, 0.1) is 0 Å². The minimum Gasteiger partial charge on any atom is -0.462 e. The lowest BCUT2D eigenvalue weighted by molar-refractivity contribution is 0.0492. The first-order chi connectivity index (χ1) is 8.84. The Morgan fingerprint density at radius 2 is 2.06 bits per heavy atom. The van der Waals surface area contributed by atoms with E-state index in [0.29, 0.717) is 12.2 Å². The Kier molecular flexibility index (Phi) is 2.99. The Hall–Kier alpha value is -1.87. The number of benzene rings is 1. The molecule has 1 fully saturated rings. The minimum atomic E-state index is -0.267. The second-order valence-corrected chi connectivity index (χ2v) is 4.40. The van der Waals surface area contributed by atoms with Gasteiger partial charge in [0.2, 0.25) is 0 Å². The van der Waals surface area contributed by atoms with Crippen molar-refractivity contribution in [2.45, 2.75) is 18.6 Å². The summed E-state index contributed by atoms with van der Waals surface area (Å²) in [6.07, 6.45) is 8.98. The molecular weight excluding hydrogens is 228 g/mol. The first-order valence-electron chi connectivity index (χ1n) is 6.11. The predicted molar refractivity (Wildman–Crippen MR) is 68.2 cm³/mol. The first kappa shape index (κ1) is 11.2. The van der Waals surface area contributed by atoms with Gasteiger partial charge < -0.3 is 9.47 Å². The molecule has 0 amide bonds. The third kappa shape index (κ3) is 2.36. The van der Waals surface area contributed by atoms with Gasteiger partial charge in [-0.25, -0.2) is 4.79 Å². The topological polar surface area (TPSA) is 38.8 Å². The molecular formula is C15H14O3. The molecule has 3 heteroatoms. The molecule has 0 N–H and O–H groups in total. The van der Waals surface area contributed by atoms with E-state index in [0.717, 1.165) is 12.0 Å². The van der Waals surface area contributed by atoms with E-state index >= 15 is 0 Å². The van der Waals surface area contributed by atoms with Crippen LogP contribution in [0.3, 0.4) is 0 Å². The number of allylic oxidation sites excluding steroid dienone is 2. The van der Waals surface area contributed by atoms with Crippen molar-refractivity contribution in [2.24, 2.45) is 0 Å². The van der Waals surface area contributed by atoms with Gasteiger partial charge in [-0.05, 0) is 11.6 Å². The van der Waals surface area contributed by atoms with Crippen molar-refractivity contribution in [1.29, 1.82) is 0 Å². The molecule has 18 heavy (non-hydrogen) atoms. The molecule has 0 radical (unpaired) electrons. The zero-order valence-corrected chi connectivity index (χ0v) is 9.91. The molecule has 3 rings (SSSR count). The van der Waals surface area contributed by atoms with Crippen molar-refractivity contribution in [3.63, 3.8) is 0 Å². The third-order valence-electron chi connectivity index (χ3n) is 3.13. The summed E-state index contributed by atoms with van der Waals surface area (Å²) in [7, 11) is 0. The van der Waals surface area contributed by atoms with Crippen molar-refractivity contribution in [3.05, 3.63) is 53.6 Å². The molecule has 0 saturated carbocycles. The van der Waals surface area contributed by atoms with Crippen molar-refractivity contribution >= 4 is 12.0 Å². The number of ether oxygens (including phenoxy) is 2. The Bertz CT molecular complexity index is 516. The number of fused-ring (bicyclic) bond motifs is 2. The van der Waals surface area contributed by atoms with Crippen molar-refractivity contribution in [1.82, 2.24) is 0 Å². The number of rotatable bonds is 0. The van der Waals surface area contributed by atoms with Crippen LogP contribution in [0.15, 0.2) is 42.5 Å². The van der Waals surface area contributed by atoms with E-state index < -0.39 is 0 Å². The van der Waals surface area contributed by atoms with Crippen LogP contribution >= 0.6 is 0 Å². The predicted octanol–water partition coefficient (Wildman–Crippen LogP) is 2.58. The fourth-order valence-electron chi connectivity index (χ4n) is 2.06. The fraction of sp³-hybridized carbons (Fsp3) is 0.267. The Labute approximate surface area is 106 Å². The average Bonchev–Trinajstić information content (AvgIpc) is 3.12. The van der Waals surface area contributed by atoms with E-state index in [9.17, 15) is 4.79 Å². The number of hydrogen-bond donors (Lipinski definition) is 0. The van der Waals surface area contributed by atoms with E-state index in [2.05, 4.69) is 0 Å². The lowest BCUT2D eigenvalue weighted by Crippen LogP contribution is -2.10. The molecule has 2 aliphatic heterocycles. The van der Waals surface area contributed by atoms with Crippen LogP contribution in [0.2, 0.25) is 0 Å². The van der Waals surface area contributed by atoms with Crippen LogP contribution < -0.4 is 0 Å². The van der Waals surface area contributed by atoms with Gasteiger partial charge in [-0.15, -0.1) is 0 Å². The van der Waals surface area contributed by atoms with Crippen LogP contribution in [0.25, 0.3) is 6.08 Å². The number of cyclic esters (lactones) is 1. The van der Waals surface area contributed by atoms with E-state index in [1.807, 2.05) is 42.5 Å². The number of carbonyl (C=O) groups is 1. The summed E-state index contributed by atoms with van der Waals surface area (Å²) in [6, 6.07) is 7.44. The van der Waals surface area contributed by atoms with Gasteiger partial charge in [0.1, 0.15) is 6.10 Å². The molecule has 2 heterocycles. The fourth-order valence-corrected chi connectivity index (χ4v) is 2.06. The Balaban J connectivity index is 1.90. The summed E-state index contributed by atoms with van der Waals surface area (Å²) in [5.41, 5.74) is 1.48. The van der Waals surface area contributed by atoms with Gasteiger partial charge in [-0.2, -0.15) is 0 Å². The molecule has 1 aromatic rings. The summed E-state index contributed by atoms with van der Waals surface area (Å²) in [5.74, 6) is -0.267. The first-order valence-corrected chi connectivity index (χ1v) is 6.11. The summed E-state index contributed by atoms with van der Waals surface area (Å²) < 4.78 is 10.7. The van der Waals surface area contributed by atoms with Gasteiger partial charge in [0.05, 0.1) is 18.3 Å². The van der Waals surface area contributed by atoms with Gasteiger partial charge in [-0.1, -0.05) is 42.5 Å². The van der Waals surface area contributed by atoms with Crippen LogP contribution in [0.5, 0.6) is 0 Å². The number of esters is 1. The molecule has 0 bridgehead atoms. The van der Waals surface area contributed by atoms with Crippen molar-refractivity contribution in [2.75, 3.05) is 6.61 Å². The van der Waals surface area contributed by atoms with Crippen molar-refractivity contribution in [3.8, 4) is 0 Å². The average molecular weight is 242 g/mol. The monoisotopic (exact) mass is 242 g/mol. The Morgan fingerprint density at radius 3 is 3.00 bits per heavy atom. The molecule has 92 valence electrons.